The van der Waals surface area contributed by atoms with Crippen LogP contribution in [0.1, 0.15) is 0 Å². The van der Waals surface area contributed by atoms with E-state index in [9.17, 15) is 8.42 Å². The van der Waals surface area contributed by atoms with E-state index in [1.165, 1.54) is 12.1 Å². The van der Waals surface area contributed by atoms with Gasteiger partial charge in [0.2, 0.25) is 10.0 Å². The Balaban J connectivity index is 3.47. The summed E-state index contributed by atoms with van der Waals surface area (Å²) in [5, 5.41) is 4.93. The summed E-state index contributed by atoms with van der Waals surface area (Å²) in [7, 11) is -3.68. The molecule has 0 unspecified atom stereocenters. The average Bonchev–Trinajstić information content (AvgIpc) is 1.97. The van der Waals surface area contributed by atoms with E-state index in [0.717, 1.165) is 0 Å². The van der Waals surface area contributed by atoms with Gasteiger partial charge in [0, 0.05) is 8.95 Å². The van der Waals surface area contributed by atoms with E-state index in [-0.39, 0.29) is 4.90 Å². The Hall–Kier alpha value is -0.110. The first-order valence-electron chi connectivity index (χ1n) is 3.09. The molecule has 0 heterocycles. The molecule has 72 valence electrons. The summed E-state index contributed by atoms with van der Waals surface area (Å²) in [6.07, 6.45) is 0. The fraction of sp³-hybridized carbons (Fsp3) is 0. The van der Waals surface area contributed by atoms with E-state index in [4.69, 9.17) is 10.9 Å². The van der Waals surface area contributed by atoms with E-state index >= 15 is 0 Å². The number of benzene rings is 1. The maximum atomic E-state index is 10.9. The van der Waals surface area contributed by atoms with E-state index < -0.39 is 10.0 Å². The van der Waals surface area contributed by atoms with Crippen molar-refractivity contribution in [2.75, 3.05) is 5.73 Å². The number of halogens is 2. The molecule has 4 N–H and O–H groups in total. The zero-order chi connectivity index (χ0) is 10.2. The van der Waals surface area contributed by atoms with Gasteiger partial charge in [-0.15, -0.1) is 0 Å². The van der Waals surface area contributed by atoms with Crippen molar-refractivity contribution in [1.82, 2.24) is 0 Å². The Morgan fingerprint density at radius 1 is 1.15 bits per heavy atom. The second kappa shape index (κ2) is 3.56. The third-order valence-electron chi connectivity index (χ3n) is 1.38. The van der Waals surface area contributed by atoms with Gasteiger partial charge in [-0.05, 0) is 44.0 Å². The van der Waals surface area contributed by atoms with Gasteiger partial charge in [0.1, 0.15) is 0 Å². The molecule has 0 aliphatic carbocycles. The predicted octanol–water partition coefficient (Wildman–Crippen LogP) is 1.44. The smallest absolute Gasteiger partial charge is 0.238 e. The highest BCUT2D eigenvalue weighted by Crippen LogP contribution is 2.30. The first-order valence-corrected chi connectivity index (χ1v) is 6.23. The maximum absolute atomic E-state index is 10.9. The van der Waals surface area contributed by atoms with Gasteiger partial charge in [-0.25, -0.2) is 13.6 Å². The number of anilines is 1. The van der Waals surface area contributed by atoms with Gasteiger partial charge in [0.25, 0.3) is 0 Å². The van der Waals surface area contributed by atoms with Crippen LogP contribution in [-0.2, 0) is 10.0 Å². The summed E-state index contributed by atoms with van der Waals surface area (Å²) in [5.74, 6) is 0. The highest BCUT2D eigenvalue weighted by atomic mass is 79.9. The van der Waals surface area contributed by atoms with Gasteiger partial charge in [0.15, 0.2) is 0 Å². The van der Waals surface area contributed by atoms with Crippen molar-refractivity contribution in [3.63, 3.8) is 0 Å². The largest absolute Gasteiger partial charge is 0.397 e. The van der Waals surface area contributed by atoms with E-state index in [1.807, 2.05) is 0 Å². The summed E-state index contributed by atoms with van der Waals surface area (Å²) < 4.78 is 22.9. The monoisotopic (exact) mass is 328 g/mol. The van der Waals surface area contributed by atoms with Gasteiger partial charge in [-0.1, -0.05) is 0 Å². The summed E-state index contributed by atoms with van der Waals surface area (Å²) in [5.41, 5.74) is 6.00. The second-order valence-corrected chi connectivity index (χ2v) is 5.62. The zero-order valence-electron chi connectivity index (χ0n) is 6.29. The van der Waals surface area contributed by atoms with Gasteiger partial charge in [-0.2, -0.15) is 0 Å². The third-order valence-corrected chi connectivity index (χ3v) is 3.59. The minimum Gasteiger partial charge on any atom is -0.397 e. The Bertz CT molecular complexity index is 421. The molecule has 0 saturated heterocycles. The van der Waals surface area contributed by atoms with Crippen LogP contribution in [0.25, 0.3) is 0 Å². The van der Waals surface area contributed by atoms with Crippen molar-refractivity contribution in [2.24, 2.45) is 5.14 Å². The molecule has 1 aromatic carbocycles. The summed E-state index contributed by atoms with van der Waals surface area (Å²) in [4.78, 5) is 0.0143. The summed E-state index contributed by atoms with van der Waals surface area (Å²) in [6.45, 7) is 0. The number of primary sulfonamides is 1. The fourth-order valence-electron chi connectivity index (χ4n) is 0.725. The van der Waals surface area contributed by atoms with Gasteiger partial charge >= 0.3 is 0 Å². The van der Waals surface area contributed by atoms with Gasteiger partial charge < -0.3 is 5.73 Å². The Kier molecular flexibility index (Phi) is 3.01. The molecule has 0 atom stereocenters. The lowest BCUT2D eigenvalue weighted by atomic mass is 10.3. The van der Waals surface area contributed by atoms with Crippen molar-refractivity contribution in [1.29, 1.82) is 0 Å². The van der Waals surface area contributed by atoms with Crippen LogP contribution in [0.4, 0.5) is 5.69 Å². The number of hydrogen-bond acceptors (Lipinski definition) is 3. The molecule has 0 fully saturated rings. The van der Waals surface area contributed by atoms with E-state index in [1.54, 1.807) is 0 Å². The molecule has 0 aromatic heterocycles. The van der Waals surface area contributed by atoms with Crippen molar-refractivity contribution in [2.45, 2.75) is 4.90 Å². The average molecular weight is 330 g/mol. The fourth-order valence-corrected chi connectivity index (χ4v) is 2.78. The number of hydrogen-bond donors (Lipinski definition) is 2. The van der Waals surface area contributed by atoms with Crippen LogP contribution in [0.5, 0.6) is 0 Å². The second-order valence-electron chi connectivity index (χ2n) is 2.35. The molecule has 0 aliphatic heterocycles. The van der Waals surface area contributed by atoms with E-state index in [2.05, 4.69) is 31.9 Å². The van der Waals surface area contributed by atoms with Gasteiger partial charge in [-0.3, -0.25) is 0 Å². The van der Waals surface area contributed by atoms with Crippen molar-refractivity contribution in [3.8, 4) is 0 Å². The van der Waals surface area contributed by atoms with Crippen LogP contribution in [-0.4, -0.2) is 8.42 Å². The molecule has 0 bridgehead atoms. The third kappa shape index (κ3) is 2.43. The normalized spacial score (nSPS) is 11.6. The topological polar surface area (TPSA) is 86.2 Å². The number of rotatable bonds is 1. The minimum atomic E-state index is -3.68. The standard InChI is InChI=1S/C6H6Br2N2O2S/c7-4-1-3(13(10,11)12)2-5(8)6(4)9/h1-2H,9H2,(H2,10,11,12). The zero-order valence-corrected chi connectivity index (χ0v) is 10.3. The molecule has 1 rings (SSSR count). The number of nitrogens with two attached hydrogens (primary N) is 2. The first-order chi connectivity index (χ1) is 5.82. The maximum Gasteiger partial charge on any atom is 0.238 e. The molecule has 0 spiro atoms. The molecule has 1 aromatic rings. The van der Waals surface area contributed by atoms with Crippen molar-refractivity contribution >= 4 is 47.6 Å². The van der Waals surface area contributed by atoms with Gasteiger partial charge in [0.05, 0.1) is 10.6 Å². The van der Waals surface area contributed by atoms with Crippen LogP contribution in [0.15, 0.2) is 26.0 Å². The Labute approximate surface area is 92.6 Å². The lowest BCUT2D eigenvalue weighted by molar-refractivity contribution is 0.597. The Morgan fingerprint density at radius 3 is 1.85 bits per heavy atom. The van der Waals surface area contributed by atoms with Crippen molar-refractivity contribution in [3.05, 3.63) is 21.1 Å². The van der Waals surface area contributed by atoms with Crippen LogP contribution < -0.4 is 10.9 Å². The van der Waals surface area contributed by atoms with Crippen LogP contribution in [0.2, 0.25) is 0 Å². The minimum absolute atomic E-state index is 0.0143. The van der Waals surface area contributed by atoms with Crippen LogP contribution in [0.3, 0.4) is 0 Å². The number of sulfonamides is 1. The SMILES string of the molecule is Nc1c(Br)cc(S(N)(=O)=O)cc1Br. The molecular formula is C6H6Br2N2O2S. The van der Waals surface area contributed by atoms with Crippen LogP contribution in [0, 0.1) is 0 Å². The summed E-state index contributed by atoms with van der Waals surface area (Å²) in [6, 6.07) is 2.71. The van der Waals surface area contributed by atoms with Crippen LogP contribution >= 0.6 is 31.9 Å². The van der Waals surface area contributed by atoms with Crippen molar-refractivity contribution < 1.29 is 8.42 Å². The lowest BCUT2D eigenvalue weighted by Crippen LogP contribution is -2.12. The molecule has 4 nitrogen and oxygen atoms in total. The highest BCUT2D eigenvalue weighted by Gasteiger charge is 2.12. The highest BCUT2D eigenvalue weighted by molar-refractivity contribution is 9.11. The Morgan fingerprint density at radius 2 is 1.54 bits per heavy atom. The van der Waals surface area contributed by atoms with E-state index in [0.29, 0.717) is 14.6 Å². The lowest BCUT2D eigenvalue weighted by Gasteiger charge is -2.04. The molecule has 0 amide bonds. The first kappa shape index (κ1) is 11.0. The molecular weight excluding hydrogens is 324 g/mol. The summed E-state index contributed by atoms with van der Waals surface area (Å²) >= 11 is 6.23. The number of nitrogen functional groups attached to an aromatic ring is 1. The predicted molar refractivity (Wildman–Crippen MR) is 57.6 cm³/mol. The molecule has 0 aliphatic rings. The molecule has 7 heteroatoms. The molecule has 0 radical (unpaired) electrons. The quantitative estimate of drug-likeness (QED) is 0.764. The molecule has 13 heavy (non-hydrogen) atoms. The molecule has 0 saturated carbocycles.